The van der Waals surface area contributed by atoms with E-state index in [1.165, 1.54) is 11.8 Å². The maximum atomic E-state index is 12.9. The lowest BCUT2D eigenvalue weighted by molar-refractivity contribution is 0.626. The van der Waals surface area contributed by atoms with Crippen LogP contribution in [0, 0.1) is 5.82 Å². The van der Waals surface area contributed by atoms with Gasteiger partial charge in [0.25, 0.3) is 0 Å². The molecule has 2 nitrogen and oxygen atoms in total. The lowest BCUT2D eigenvalue weighted by Crippen LogP contribution is -2.23. The van der Waals surface area contributed by atoms with E-state index in [1.54, 1.807) is 6.07 Å². The van der Waals surface area contributed by atoms with Gasteiger partial charge < -0.3 is 10.6 Å². The van der Waals surface area contributed by atoms with Gasteiger partial charge in [-0.1, -0.05) is 0 Å². The minimum absolute atomic E-state index is 0.135. The monoisotopic (exact) mass is 194 g/mol. The molecule has 1 aromatic carbocycles. The number of hydrogen-bond acceptors (Lipinski definition) is 2. The van der Waals surface area contributed by atoms with E-state index in [4.69, 9.17) is 5.73 Å². The molecule has 0 aliphatic carbocycles. The summed E-state index contributed by atoms with van der Waals surface area (Å²) >= 11 is 0. The molecule has 1 heterocycles. The van der Waals surface area contributed by atoms with Gasteiger partial charge in [-0.2, -0.15) is 0 Å². The van der Waals surface area contributed by atoms with Crippen molar-refractivity contribution in [2.24, 2.45) is 5.73 Å². The molecule has 0 bridgehead atoms. The zero-order valence-corrected chi connectivity index (χ0v) is 8.17. The van der Waals surface area contributed by atoms with Crippen molar-refractivity contribution in [1.82, 2.24) is 0 Å². The summed E-state index contributed by atoms with van der Waals surface area (Å²) < 4.78 is 12.9. The van der Waals surface area contributed by atoms with Crippen LogP contribution in [0.2, 0.25) is 0 Å². The molecule has 0 unspecified atom stereocenters. The number of nitrogens with zero attached hydrogens (tertiary/aromatic N) is 1. The molecule has 14 heavy (non-hydrogen) atoms. The summed E-state index contributed by atoms with van der Waals surface area (Å²) in [7, 11) is 0. The molecule has 1 aliphatic heterocycles. The van der Waals surface area contributed by atoms with Crippen LogP contribution in [0.4, 0.5) is 10.1 Å². The first-order valence-electron chi connectivity index (χ1n) is 5.04. The van der Waals surface area contributed by atoms with Crippen molar-refractivity contribution in [3.63, 3.8) is 0 Å². The summed E-state index contributed by atoms with van der Waals surface area (Å²) in [4.78, 5) is 2.28. The third kappa shape index (κ3) is 1.73. The van der Waals surface area contributed by atoms with Crippen molar-refractivity contribution in [2.75, 3.05) is 24.5 Å². The van der Waals surface area contributed by atoms with Gasteiger partial charge in [0.1, 0.15) is 5.82 Å². The quantitative estimate of drug-likeness (QED) is 0.790. The van der Waals surface area contributed by atoms with Crippen LogP contribution in [-0.4, -0.2) is 19.6 Å². The van der Waals surface area contributed by atoms with Gasteiger partial charge in [-0.05, 0) is 43.1 Å². The zero-order chi connectivity index (χ0) is 9.97. The topological polar surface area (TPSA) is 29.3 Å². The summed E-state index contributed by atoms with van der Waals surface area (Å²) in [6.07, 6.45) is 1.95. The zero-order valence-electron chi connectivity index (χ0n) is 8.17. The molecule has 2 rings (SSSR count). The second-order valence-electron chi connectivity index (χ2n) is 3.65. The standard InChI is InChI=1S/C11H15FN2/c12-10-2-3-11-9(8-10)4-7-14(11)6-1-5-13/h2-3,8H,1,4-7,13H2. The number of benzene rings is 1. The van der Waals surface area contributed by atoms with Gasteiger partial charge in [0.15, 0.2) is 0 Å². The van der Waals surface area contributed by atoms with Crippen molar-refractivity contribution >= 4 is 5.69 Å². The van der Waals surface area contributed by atoms with Gasteiger partial charge in [0.2, 0.25) is 0 Å². The smallest absolute Gasteiger partial charge is 0.123 e. The first-order chi connectivity index (χ1) is 6.81. The molecule has 0 saturated heterocycles. The van der Waals surface area contributed by atoms with Crippen LogP contribution < -0.4 is 10.6 Å². The molecule has 1 aromatic rings. The van der Waals surface area contributed by atoms with E-state index in [1.807, 2.05) is 6.07 Å². The SMILES string of the molecule is NCCCN1CCc2cc(F)ccc21. The van der Waals surface area contributed by atoms with Crippen LogP contribution in [0.15, 0.2) is 18.2 Å². The largest absolute Gasteiger partial charge is 0.371 e. The Labute approximate surface area is 83.5 Å². The Kier molecular flexibility index (Phi) is 2.68. The van der Waals surface area contributed by atoms with Crippen molar-refractivity contribution in [3.05, 3.63) is 29.6 Å². The van der Waals surface area contributed by atoms with E-state index in [9.17, 15) is 4.39 Å². The Morgan fingerprint density at radius 3 is 3.07 bits per heavy atom. The number of rotatable bonds is 3. The van der Waals surface area contributed by atoms with Crippen molar-refractivity contribution in [1.29, 1.82) is 0 Å². The van der Waals surface area contributed by atoms with Crippen LogP contribution in [0.3, 0.4) is 0 Å². The first-order valence-corrected chi connectivity index (χ1v) is 5.04. The molecule has 3 heteroatoms. The van der Waals surface area contributed by atoms with Gasteiger partial charge >= 0.3 is 0 Å². The summed E-state index contributed by atoms with van der Waals surface area (Å²) in [5.41, 5.74) is 7.77. The Morgan fingerprint density at radius 1 is 1.43 bits per heavy atom. The van der Waals surface area contributed by atoms with Gasteiger partial charge in [0, 0.05) is 18.8 Å². The fraction of sp³-hybridized carbons (Fsp3) is 0.455. The number of halogens is 1. The van der Waals surface area contributed by atoms with E-state index < -0.39 is 0 Å². The summed E-state index contributed by atoms with van der Waals surface area (Å²) in [6, 6.07) is 5.03. The molecule has 0 amide bonds. The number of nitrogens with two attached hydrogens (primary N) is 1. The highest BCUT2D eigenvalue weighted by atomic mass is 19.1. The fourth-order valence-electron chi connectivity index (χ4n) is 1.95. The second-order valence-corrected chi connectivity index (χ2v) is 3.65. The first kappa shape index (κ1) is 9.46. The van der Waals surface area contributed by atoms with Crippen LogP contribution in [-0.2, 0) is 6.42 Å². The Hall–Kier alpha value is -1.09. The number of anilines is 1. The lowest BCUT2D eigenvalue weighted by atomic mass is 10.1. The molecule has 76 valence electrons. The predicted molar refractivity (Wildman–Crippen MR) is 56.0 cm³/mol. The minimum atomic E-state index is -0.135. The maximum absolute atomic E-state index is 12.9. The molecule has 0 aromatic heterocycles. The van der Waals surface area contributed by atoms with E-state index in [2.05, 4.69) is 4.90 Å². The minimum Gasteiger partial charge on any atom is -0.371 e. The molecule has 1 aliphatic rings. The van der Waals surface area contributed by atoms with Crippen LogP contribution in [0.25, 0.3) is 0 Å². The van der Waals surface area contributed by atoms with Gasteiger partial charge in [-0.15, -0.1) is 0 Å². The fourth-order valence-corrected chi connectivity index (χ4v) is 1.95. The van der Waals surface area contributed by atoms with E-state index in [-0.39, 0.29) is 5.82 Å². The molecule has 0 saturated carbocycles. The lowest BCUT2D eigenvalue weighted by Gasteiger charge is -2.18. The van der Waals surface area contributed by atoms with Crippen LogP contribution in [0.5, 0.6) is 0 Å². The van der Waals surface area contributed by atoms with E-state index >= 15 is 0 Å². The average molecular weight is 194 g/mol. The summed E-state index contributed by atoms with van der Waals surface area (Å²) in [6.45, 7) is 2.70. The molecule has 0 radical (unpaired) electrons. The summed E-state index contributed by atoms with van der Waals surface area (Å²) in [5, 5.41) is 0. The Morgan fingerprint density at radius 2 is 2.29 bits per heavy atom. The third-order valence-electron chi connectivity index (χ3n) is 2.67. The Balaban J connectivity index is 2.14. The average Bonchev–Trinajstić information content (AvgIpc) is 2.57. The molecule has 0 fully saturated rings. The molecular formula is C11H15FN2. The third-order valence-corrected chi connectivity index (χ3v) is 2.67. The molecule has 2 N–H and O–H groups in total. The van der Waals surface area contributed by atoms with Crippen molar-refractivity contribution in [3.8, 4) is 0 Å². The molecule has 0 spiro atoms. The van der Waals surface area contributed by atoms with E-state index in [0.29, 0.717) is 6.54 Å². The normalized spacial score (nSPS) is 14.6. The maximum Gasteiger partial charge on any atom is 0.123 e. The van der Waals surface area contributed by atoms with Crippen LogP contribution >= 0.6 is 0 Å². The summed E-state index contributed by atoms with van der Waals surface area (Å²) in [5.74, 6) is -0.135. The molecular weight excluding hydrogens is 179 g/mol. The van der Waals surface area contributed by atoms with Gasteiger partial charge in [-0.3, -0.25) is 0 Å². The molecule has 0 atom stereocenters. The van der Waals surface area contributed by atoms with Crippen molar-refractivity contribution in [2.45, 2.75) is 12.8 Å². The van der Waals surface area contributed by atoms with Crippen molar-refractivity contribution < 1.29 is 4.39 Å². The number of hydrogen-bond donors (Lipinski definition) is 1. The highest BCUT2D eigenvalue weighted by Gasteiger charge is 2.18. The highest BCUT2D eigenvalue weighted by molar-refractivity contribution is 5.57. The van der Waals surface area contributed by atoms with Gasteiger partial charge in [0.05, 0.1) is 0 Å². The number of fused-ring (bicyclic) bond motifs is 1. The Bertz CT molecular complexity index is 325. The van der Waals surface area contributed by atoms with E-state index in [0.717, 1.165) is 31.5 Å². The second kappa shape index (κ2) is 3.96. The van der Waals surface area contributed by atoms with Crippen LogP contribution in [0.1, 0.15) is 12.0 Å². The highest BCUT2D eigenvalue weighted by Crippen LogP contribution is 2.28. The van der Waals surface area contributed by atoms with Gasteiger partial charge in [-0.25, -0.2) is 4.39 Å². The predicted octanol–water partition coefficient (Wildman–Crippen LogP) is 1.54.